The normalized spacial score (nSPS) is 21.1. The first-order valence-electron chi connectivity index (χ1n) is 6.86. The average molecular weight is 277 g/mol. The molecule has 2 saturated carbocycles. The van der Waals surface area contributed by atoms with Crippen LogP contribution in [-0.2, 0) is 16.6 Å². The van der Waals surface area contributed by atoms with Gasteiger partial charge < -0.3 is 0 Å². The van der Waals surface area contributed by atoms with Gasteiger partial charge in [0.05, 0.1) is 0 Å². The maximum atomic E-state index is 12.0. The lowest BCUT2D eigenvalue weighted by Crippen LogP contribution is -2.23. The van der Waals surface area contributed by atoms with Crippen LogP contribution in [0.2, 0.25) is 0 Å². The monoisotopic (exact) mass is 277 g/mol. The van der Waals surface area contributed by atoms with Gasteiger partial charge in [0.2, 0.25) is 17.8 Å². The van der Waals surface area contributed by atoms with Crippen LogP contribution >= 0.6 is 0 Å². The summed E-state index contributed by atoms with van der Waals surface area (Å²) in [5.74, 6) is 0.497. The van der Waals surface area contributed by atoms with Crippen molar-refractivity contribution in [3.63, 3.8) is 0 Å². The van der Waals surface area contributed by atoms with Crippen molar-refractivity contribution in [3.8, 4) is 0 Å². The SMILES string of the molecule is Cn1nc(NC(=O)C2(C)CC2)nc1NC(=O)C1(C)CC1. The highest BCUT2D eigenvalue weighted by molar-refractivity contribution is 5.97. The Hall–Kier alpha value is -1.92. The van der Waals surface area contributed by atoms with Crippen molar-refractivity contribution in [3.05, 3.63) is 0 Å². The molecule has 0 radical (unpaired) electrons. The number of amides is 2. The van der Waals surface area contributed by atoms with E-state index in [0.717, 1.165) is 25.7 Å². The molecule has 0 spiro atoms. The summed E-state index contributed by atoms with van der Waals surface area (Å²) >= 11 is 0. The van der Waals surface area contributed by atoms with Gasteiger partial charge in [-0.3, -0.25) is 20.2 Å². The molecule has 2 N–H and O–H groups in total. The summed E-state index contributed by atoms with van der Waals surface area (Å²) in [6.45, 7) is 3.84. The van der Waals surface area contributed by atoms with Crippen molar-refractivity contribution >= 4 is 23.7 Å². The first-order valence-corrected chi connectivity index (χ1v) is 6.86. The molecule has 0 unspecified atom stereocenters. The van der Waals surface area contributed by atoms with E-state index >= 15 is 0 Å². The molecule has 3 rings (SSSR count). The molecule has 0 saturated heterocycles. The number of rotatable bonds is 4. The molecule has 20 heavy (non-hydrogen) atoms. The fourth-order valence-corrected chi connectivity index (χ4v) is 1.88. The number of aromatic nitrogens is 3. The quantitative estimate of drug-likeness (QED) is 0.868. The van der Waals surface area contributed by atoms with E-state index in [1.54, 1.807) is 7.05 Å². The highest BCUT2D eigenvalue weighted by atomic mass is 16.2. The van der Waals surface area contributed by atoms with Crippen molar-refractivity contribution in [2.24, 2.45) is 17.9 Å². The van der Waals surface area contributed by atoms with Crippen molar-refractivity contribution < 1.29 is 9.59 Å². The maximum Gasteiger partial charge on any atom is 0.250 e. The molecule has 1 aromatic heterocycles. The van der Waals surface area contributed by atoms with Crippen LogP contribution in [0.3, 0.4) is 0 Å². The standard InChI is InChI=1S/C13H19N5O2/c1-12(4-5-12)8(19)14-10-16-11(18(3)17-10)15-9(20)13(2)6-7-13/h4-7H2,1-3H3,(H2,14,15,16,17,19,20). The number of hydrogen-bond acceptors (Lipinski definition) is 4. The Labute approximate surface area is 117 Å². The molecule has 0 aromatic carbocycles. The second-order valence-electron chi connectivity index (χ2n) is 6.41. The third-order valence-electron chi connectivity index (χ3n) is 4.31. The predicted molar refractivity (Wildman–Crippen MR) is 72.9 cm³/mol. The van der Waals surface area contributed by atoms with Gasteiger partial charge in [-0.2, -0.15) is 4.98 Å². The van der Waals surface area contributed by atoms with Gasteiger partial charge >= 0.3 is 0 Å². The van der Waals surface area contributed by atoms with Crippen LogP contribution in [0.4, 0.5) is 11.9 Å². The van der Waals surface area contributed by atoms with Gasteiger partial charge in [0.25, 0.3) is 5.95 Å². The third-order valence-corrected chi connectivity index (χ3v) is 4.31. The summed E-state index contributed by atoms with van der Waals surface area (Å²) in [5, 5.41) is 9.57. The second-order valence-corrected chi connectivity index (χ2v) is 6.41. The average Bonchev–Trinajstić information content (AvgIpc) is 3.27. The zero-order valence-electron chi connectivity index (χ0n) is 12.0. The second kappa shape index (κ2) is 4.04. The summed E-state index contributed by atoms with van der Waals surface area (Å²) in [5.41, 5.74) is -0.541. The number of nitrogens with zero attached hydrogens (tertiary/aromatic N) is 3. The van der Waals surface area contributed by atoms with Crippen LogP contribution in [0.1, 0.15) is 39.5 Å². The third kappa shape index (κ3) is 2.28. The van der Waals surface area contributed by atoms with E-state index in [9.17, 15) is 9.59 Å². The first-order chi connectivity index (χ1) is 9.32. The molecule has 2 fully saturated rings. The van der Waals surface area contributed by atoms with Crippen LogP contribution in [-0.4, -0.2) is 26.6 Å². The summed E-state index contributed by atoms with van der Waals surface area (Å²) in [7, 11) is 1.69. The number of carbonyl (C=O) groups excluding carboxylic acids is 2. The molecule has 0 bridgehead atoms. The molecule has 1 aromatic rings. The molecule has 108 valence electrons. The lowest BCUT2D eigenvalue weighted by Gasteiger charge is -2.07. The zero-order valence-corrected chi connectivity index (χ0v) is 12.0. The molecule has 0 atom stereocenters. The summed E-state index contributed by atoms with van der Waals surface area (Å²) in [4.78, 5) is 28.1. The van der Waals surface area contributed by atoms with Crippen LogP contribution in [0.25, 0.3) is 0 Å². The summed E-state index contributed by atoms with van der Waals surface area (Å²) < 4.78 is 1.47. The fraction of sp³-hybridized carbons (Fsp3) is 0.692. The van der Waals surface area contributed by atoms with Crippen LogP contribution in [0.15, 0.2) is 0 Å². The number of nitrogens with one attached hydrogen (secondary N) is 2. The van der Waals surface area contributed by atoms with Crippen molar-refractivity contribution in [1.82, 2.24) is 14.8 Å². The molecule has 7 nitrogen and oxygen atoms in total. The van der Waals surface area contributed by atoms with E-state index in [-0.39, 0.29) is 28.6 Å². The van der Waals surface area contributed by atoms with E-state index in [0.29, 0.717) is 5.95 Å². The van der Waals surface area contributed by atoms with E-state index in [1.165, 1.54) is 4.68 Å². The number of carbonyl (C=O) groups is 2. The Morgan fingerprint density at radius 2 is 1.55 bits per heavy atom. The molecular weight excluding hydrogens is 258 g/mol. The lowest BCUT2D eigenvalue weighted by molar-refractivity contribution is -0.121. The van der Waals surface area contributed by atoms with Crippen molar-refractivity contribution in [2.75, 3.05) is 10.6 Å². The van der Waals surface area contributed by atoms with E-state index < -0.39 is 0 Å². The summed E-state index contributed by atoms with van der Waals surface area (Å²) in [6, 6.07) is 0. The van der Waals surface area contributed by atoms with E-state index in [4.69, 9.17) is 0 Å². The Kier molecular flexibility index (Phi) is 2.64. The van der Waals surface area contributed by atoms with Gasteiger partial charge in [0.15, 0.2) is 0 Å². The molecule has 1 heterocycles. The minimum absolute atomic E-state index is 0.0416. The molecule has 2 amide bonds. The maximum absolute atomic E-state index is 12.0. The van der Waals surface area contributed by atoms with Gasteiger partial charge in [0.1, 0.15) is 0 Å². The highest BCUT2D eigenvalue weighted by Gasteiger charge is 2.46. The minimum Gasteiger partial charge on any atom is -0.294 e. The Bertz CT molecular complexity index is 584. The first kappa shape index (κ1) is 13.1. The smallest absolute Gasteiger partial charge is 0.250 e. The van der Waals surface area contributed by atoms with Crippen molar-refractivity contribution in [2.45, 2.75) is 39.5 Å². The van der Waals surface area contributed by atoms with Gasteiger partial charge in [-0.25, -0.2) is 4.68 Å². The van der Waals surface area contributed by atoms with Gasteiger partial charge in [-0.15, -0.1) is 5.10 Å². The molecular formula is C13H19N5O2. The van der Waals surface area contributed by atoms with Crippen LogP contribution in [0.5, 0.6) is 0 Å². The predicted octanol–water partition coefficient (Wildman–Crippen LogP) is 1.29. The van der Waals surface area contributed by atoms with Crippen LogP contribution < -0.4 is 10.6 Å². The van der Waals surface area contributed by atoms with E-state index in [1.807, 2.05) is 13.8 Å². The van der Waals surface area contributed by atoms with Gasteiger partial charge in [-0.05, 0) is 25.7 Å². The Morgan fingerprint density at radius 3 is 2.05 bits per heavy atom. The zero-order chi connectivity index (χ0) is 14.5. The topological polar surface area (TPSA) is 88.9 Å². The molecule has 0 aliphatic heterocycles. The highest BCUT2D eigenvalue weighted by Crippen LogP contribution is 2.46. The fourth-order valence-electron chi connectivity index (χ4n) is 1.88. The van der Waals surface area contributed by atoms with Crippen LogP contribution in [0, 0.1) is 10.8 Å². The minimum atomic E-state index is -0.274. The number of anilines is 2. The van der Waals surface area contributed by atoms with Gasteiger partial charge in [-0.1, -0.05) is 13.8 Å². The lowest BCUT2D eigenvalue weighted by atomic mass is 10.1. The largest absolute Gasteiger partial charge is 0.294 e. The Morgan fingerprint density at radius 1 is 1.05 bits per heavy atom. The number of aryl methyl sites for hydroxylation is 1. The number of hydrogen-bond donors (Lipinski definition) is 2. The summed E-state index contributed by atoms with van der Waals surface area (Å²) in [6.07, 6.45) is 3.60. The van der Waals surface area contributed by atoms with Crippen molar-refractivity contribution in [1.29, 1.82) is 0 Å². The molecule has 2 aliphatic carbocycles. The van der Waals surface area contributed by atoms with Gasteiger partial charge in [0, 0.05) is 17.9 Å². The van der Waals surface area contributed by atoms with E-state index in [2.05, 4.69) is 20.7 Å². The molecule has 7 heteroatoms. The Balaban J connectivity index is 1.67. The molecule has 2 aliphatic rings.